The second kappa shape index (κ2) is 15.7. The average Bonchev–Trinajstić information content (AvgIpc) is 2.10. The summed E-state index contributed by atoms with van der Waals surface area (Å²) in [6.07, 6.45) is 12.8. The van der Waals surface area contributed by atoms with E-state index >= 15 is 0 Å². The van der Waals surface area contributed by atoms with Crippen LogP contribution < -0.4 is 0 Å². The molecule has 78 valence electrons. The van der Waals surface area contributed by atoms with Crippen LogP contribution >= 0.6 is 15.9 Å². The molecule has 0 radical (unpaired) electrons. The zero-order chi connectivity index (χ0) is 9.07. The van der Waals surface area contributed by atoms with Crippen molar-refractivity contribution < 1.29 is 0 Å². The summed E-state index contributed by atoms with van der Waals surface area (Å²) in [5.41, 5.74) is 0. The van der Waals surface area contributed by atoms with Crippen LogP contribution in [0.1, 0.15) is 64.7 Å². The van der Waals surface area contributed by atoms with Gasteiger partial charge in [0, 0.05) is 5.33 Å². The Bertz CT molecular complexity index is 66.5. The second-order valence-electron chi connectivity index (χ2n) is 3.52. The largest absolute Gasteiger partial charge is 0.316 e. The van der Waals surface area contributed by atoms with Crippen LogP contribution in [0.15, 0.2) is 0 Å². The Morgan fingerprint density at radius 3 is 1.46 bits per heavy atom. The van der Waals surface area contributed by atoms with Gasteiger partial charge in [-0.3, -0.25) is 0 Å². The first-order valence-corrected chi connectivity index (χ1v) is 6.60. The first-order valence-electron chi connectivity index (χ1n) is 5.47. The van der Waals surface area contributed by atoms with Crippen LogP contribution in [0.25, 0.3) is 0 Å². The van der Waals surface area contributed by atoms with Gasteiger partial charge in [-0.15, -0.1) is 0 Å². The molecule has 13 heavy (non-hydrogen) atoms. The van der Waals surface area contributed by atoms with E-state index in [1.54, 1.807) is 0 Å². The molecule has 0 aliphatic carbocycles. The lowest BCUT2D eigenvalue weighted by molar-refractivity contribution is 0.573. The minimum absolute atomic E-state index is 0. The molecule has 0 spiro atoms. The summed E-state index contributed by atoms with van der Waals surface area (Å²) in [6.45, 7) is 2.27. The summed E-state index contributed by atoms with van der Waals surface area (Å²) in [4.78, 5) is 0. The molecule has 0 aromatic rings. The number of hydrogen-bond acceptors (Lipinski definition) is 0. The number of halogens is 1. The maximum Gasteiger partial charge on any atom is 0.316 e. The molecule has 0 rings (SSSR count). The van der Waals surface area contributed by atoms with Gasteiger partial charge in [-0.2, -0.15) is 0 Å². The molecule has 0 amide bonds. The van der Waals surface area contributed by atoms with E-state index in [0.29, 0.717) is 0 Å². The van der Waals surface area contributed by atoms with Gasteiger partial charge in [0.1, 0.15) is 0 Å². The van der Waals surface area contributed by atoms with E-state index in [9.17, 15) is 0 Å². The van der Waals surface area contributed by atoms with Crippen molar-refractivity contribution in [1.29, 1.82) is 0 Å². The molecule has 0 saturated carbocycles. The summed E-state index contributed by atoms with van der Waals surface area (Å²) < 4.78 is 0. The topological polar surface area (TPSA) is 0 Å². The first kappa shape index (κ1) is 16.7. The summed E-state index contributed by atoms with van der Waals surface area (Å²) in [7, 11) is 0. The van der Waals surface area contributed by atoms with E-state index in [1.165, 1.54) is 63.1 Å². The zero-order valence-electron chi connectivity index (χ0n) is 8.45. The van der Waals surface area contributed by atoms with Gasteiger partial charge in [0.2, 0.25) is 0 Å². The Labute approximate surface area is 109 Å². The fourth-order valence-electron chi connectivity index (χ4n) is 1.41. The van der Waals surface area contributed by atoms with Crippen LogP contribution in [0, 0.1) is 0 Å². The molecule has 0 aliphatic heterocycles. The lowest BCUT2D eigenvalue weighted by Crippen LogP contribution is -1.81. The molecule has 0 aromatic carbocycles. The van der Waals surface area contributed by atoms with E-state index in [1.807, 2.05) is 0 Å². The van der Waals surface area contributed by atoms with Crippen molar-refractivity contribution in [3.05, 3.63) is 0 Å². The van der Waals surface area contributed by atoms with Crippen LogP contribution in [0.4, 0.5) is 0 Å². The quantitative estimate of drug-likeness (QED) is 0.334. The molecular weight excluding hydrogens is 236 g/mol. The normalized spacial score (nSPS) is 9.69. The fraction of sp³-hybridized carbons (Fsp3) is 1.00. The fourth-order valence-corrected chi connectivity index (χ4v) is 1.80. The second-order valence-corrected chi connectivity index (χ2v) is 4.31. The Balaban J connectivity index is 0. The maximum atomic E-state index is 3.45. The van der Waals surface area contributed by atoms with Crippen LogP contribution in [0.3, 0.4) is 0 Å². The van der Waals surface area contributed by atoms with Gasteiger partial charge < -0.3 is 0 Å². The zero-order valence-corrected chi connectivity index (χ0v) is 10.0. The van der Waals surface area contributed by atoms with Crippen molar-refractivity contribution in [3.63, 3.8) is 0 Å². The van der Waals surface area contributed by atoms with Gasteiger partial charge >= 0.3 is 23.1 Å². The Kier molecular flexibility index (Phi) is 20.1. The predicted octanol–water partition coefficient (Wildman–Crippen LogP) is 4.00. The van der Waals surface area contributed by atoms with Crippen LogP contribution in [-0.4, -0.2) is 28.4 Å². The van der Waals surface area contributed by atoms with E-state index in [-0.39, 0.29) is 23.1 Å². The monoisotopic (exact) mass is 260 g/mol. The van der Waals surface area contributed by atoms with Gasteiger partial charge in [0.15, 0.2) is 0 Å². The third kappa shape index (κ3) is 16.0. The smallest absolute Gasteiger partial charge is 0.0928 e. The molecule has 0 bridgehead atoms. The molecule has 0 N–H and O–H groups in total. The highest BCUT2D eigenvalue weighted by molar-refractivity contribution is 9.09. The third-order valence-corrected chi connectivity index (χ3v) is 2.80. The standard InChI is InChI=1S/C11H23Br.Mg.2H/c1-2-3-4-5-6-7-8-9-10-11-12;;;/h2-11H2,1H3;;;. The highest BCUT2D eigenvalue weighted by Crippen LogP contribution is 2.09. The van der Waals surface area contributed by atoms with Crippen molar-refractivity contribution >= 4 is 39.0 Å². The molecular formula is C11H25BrMg. The van der Waals surface area contributed by atoms with Gasteiger partial charge in [-0.25, -0.2) is 0 Å². The lowest BCUT2D eigenvalue weighted by Gasteiger charge is -1.99. The maximum absolute atomic E-state index is 3.45. The van der Waals surface area contributed by atoms with Crippen LogP contribution in [-0.2, 0) is 0 Å². The van der Waals surface area contributed by atoms with Crippen molar-refractivity contribution in [2.45, 2.75) is 64.7 Å². The molecule has 0 fully saturated rings. The molecule has 0 atom stereocenters. The Hall–Kier alpha value is 1.25. The number of unbranched alkanes of at least 4 members (excludes halogenated alkanes) is 8. The highest BCUT2D eigenvalue weighted by atomic mass is 79.9. The minimum atomic E-state index is 0. The summed E-state index contributed by atoms with van der Waals surface area (Å²) in [5, 5.41) is 1.18. The van der Waals surface area contributed by atoms with Crippen molar-refractivity contribution in [2.24, 2.45) is 0 Å². The van der Waals surface area contributed by atoms with Crippen molar-refractivity contribution in [3.8, 4) is 0 Å². The molecule has 0 saturated heterocycles. The van der Waals surface area contributed by atoms with Crippen molar-refractivity contribution in [2.75, 3.05) is 5.33 Å². The number of hydrogen-bond donors (Lipinski definition) is 0. The number of rotatable bonds is 9. The summed E-state index contributed by atoms with van der Waals surface area (Å²) in [5.74, 6) is 0. The highest BCUT2D eigenvalue weighted by Gasteiger charge is 1.90. The number of alkyl halides is 1. The van der Waals surface area contributed by atoms with E-state index in [0.717, 1.165) is 0 Å². The molecule has 0 unspecified atom stereocenters. The lowest BCUT2D eigenvalue weighted by atomic mass is 10.1. The molecule has 0 aliphatic rings. The van der Waals surface area contributed by atoms with E-state index in [4.69, 9.17) is 0 Å². The van der Waals surface area contributed by atoms with Gasteiger partial charge in [-0.1, -0.05) is 74.2 Å². The van der Waals surface area contributed by atoms with Crippen LogP contribution in [0.2, 0.25) is 0 Å². The van der Waals surface area contributed by atoms with E-state index in [2.05, 4.69) is 22.9 Å². The summed E-state index contributed by atoms with van der Waals surface area (Å²) >= 11 is 3.45. The SMILES string of the molecule is CCCCCCCCCCCBr.[MgH2]. The average molecular weight is 262 g/mol. The van der Waals surface area contributed by atoms with Gasteiger partial charge in [-0.05, 0) is 6.42 Å². The molecule has 0 nitrogen and oxygen atoms in total. The minimum Gasteiger partial charge on any atom is -0.0928 e. The Morgan fingerprint density at radius 1 is 0.692 bits per heavy atom. The van der Waals surface area contributed by atoms with E-state index < -0.39 is 0 Å². The third-order valence-electron chi connectivity index (χ3n) is 2.24. The van der Waals surface area contributed by atoms with Gasteiger partial charge in [0.05, 0.1) is 0 Å². The molecule has 2 heteroatoms. The predicted molar refractivity (Wildman–Crippen MR) is 69.6 cm³/mol. The van der Waals surface area contributed by atoms with Gasteiger partial charge in [0.25, 0.3) is 0 Å². The summed E-state index contributed by atoms with van der Waals surface area (Å²) in [6, 6.07) is 0. The van der Waals surface area contributed by atoms with Crippen LogP contribution in [0.5, 0.6) is 0 Å². The van der Waals surface area contributed by atoms with Crippen molar-refractivity contribution in [1.82, 2.24) is 0 Å². The molecule has 0 heterocycles. The molecule has 0 aromatic heterocycles. The first-order chi connectivity index (χ1) is 5.91. The Morgan fingerprint density at radius 2 is 1.08 bits per heavy atom.